The number of rotatable bonds is 4. The van der Waals surface area contributed by atoms with E-state index in [0.29, 0.717) is 12.0 Å². The fourth-order valence-electron chi connectivity index (χ4n) is 2.23. The Labute approximate surface area is 110 Å². The van der Waals surface area contributed by atoms with Crippen molar-refractivity contribution < 1.29 is 4.74 Å². The Hall–Kier alpha value is -0.680. The van der Waals surface area contributed by atoms with E-state index in [2.05, 4.69) is 38.1 Å². The summed E-state index contributed by atoms with van der Waals surface area (Å²) in [5.74, 6) is 2.25. The van der Waals surface area contributed by atoms with E-state index in [4.69, 9.17) is 4.74 Å². The first-order chi connectivity index (χ1) is 8.19. The molecule has 1 fully saturated rings. The Morgan fingerprint density at radius 2 is 2.35 bits per heavy atom. The second kappa shape index (κ2) is 5.78. The first kappa shape index (κ1) is 12.8. The molecule has 0 amide bonds. The molecule has 5 heteroatoms. The molecule has 1 aromatic heterocycles. The Bertz CT molecular complexity index is 366. The molecule has 0 saturated carbocycles. The summed E-state index contributed by atoms with van der Waals surface area (Å²) in [6.45, 7) is 5.87. The summed E-state index contributed by atoms with van der Waals surface area (Å²) >= 11 is 3.38. The topological polar surface area (TPSA) is 47.0 Å². The number of halogens is 1. The highest BCUT2D eigenvalue weighted by Gasteiger charge is 2.26. The monoisotopic (exact) mass is 299 g/mol. The highest BCUT2D eigenvalue weighted by Crippen LogP contribution is 2.23. The molecule has 1 N–H and O–H groups in total. The summed E-state index contributed by atoms with van der Waals surface area (Å²) in [6, 6.07) is 1.91. The molecule has 2 unspecified atom stereocenters. The van der Waals surface area contributed by atoms with Gasteiger partial charge in [0.15, 0.2) is 0 Å². The maximum Gasteiger partial charge on any atom is 0.130 e. The average Bonchev–Trinajstić information content (AvgIpc) is 2.72. The van der Waals surface area contributed by atoms with Gasteiger partial charge in [-0.15, -0.1) is 0 Å². The van der Waals surface area contributed by atoms with E-state index in [1.54, 1.807) is 0 Å². The lowest BCUT2D eigenvalue weighted by molar-refractivity contribution is 0.0900. The average molecular weight is 300 g/mol. The molecular weight excluding hydrogens is 282 g/mol. The Kier molecular flexibility index (Phi) is 4.34. The van der Waals surface area contributed by atoms with Crippen molar-refractivity contribution in [3.8, 4) is 0 Å². The Balaban J connectivity index is 1.93. The van der Waals surface area contributed by atoms with Crippen LogP contribution >= 0.6 is 15.9 Å². The summed E-state index contributed by atoms with van der Waals surface area (Å²) in [5, 5.41) is 3.37. The predicted octanol–water partition coefficient (Wildman–Crippen LogP) is 2.77. The van der Waals surface area contributed by atoms with Gasteiger partial charge in [-0.3, -0.25) is 0 Å². The summed E-state index contributed by atoms with van der Waals surface area (Å²) < 4.78 is 6.49. The molecule has 1 aliphatic heterocycles. The van der Waals surface area contributed by atoms with Crippen LogP contribution < -0.4 is 5.32 Å². The molecule has 2 rings (SSSR count). The predicted molar refractivity (Wildman–Crippen MR) is 71.1 cm³/mol. The second-order valence-electron chi connectivity index (χ2n) is 4.37. The summed E-state index contributed by atoms with van der Waals surface area (Å²) in [7, 11) is 0. The fraction of sp³-hybridized carbons (Fsp3) is 0.667. The summed E-state index contributed by atoms with van der Waals surface area (Å²) in [5.41, 5.74) is 0. The van der Waals surface area contributed by atoms with Crippen molar-refractivity contribution in [1.29, 1.82) is 0 Å². The third-order valence-electron chi connectivity index (χ3n) is 3.10. The van der Waals surface area contributed by atoms with Crippen LogP contribution in [0.15, 0.2) is 10.7 Å². The van der Waals surface area contributed by atoms with Crippen molar-refractivity contribution in [2.24, 2.45) is 5.92 Å². The number of aryl methyl sites for hydroxylation is 1. The van der Waals surface area contributed by atoms with Crippen molar-refractivity contribution in [3.05, 3.63) is 16.5 Å². The van der Waals surface area contributed by atoms with Crippen molar-refractivity contribution >= 4 is 21.7 Å². The van der Waals surface area contributed by atoms with Crippen LogP contribution in [0.3, 0.4) is 0 Å². The van der Waals surface area contributed by atoms with Gasteiger partial charge >= 0.3 is 0 Å². The van der Waals surface area contributed by atoms with Crippen molar-refractivity contribution in [1.82, 2.24) is 9.97 Å². The van der Waals surface area contributed by atoms with Crippen LogP contribution in [-0.2, 0) is 4.74 Å². The molecule has 1 aromatic rings. The van der Waals surface area contributed by atoms with Crippen LogP contribution in [0.25, 0.3) is 0 Å². The zero-order valence-electron chi connectivity index (χ0n) is 10.2. The van der Waals surface area contributed by atoms with Crippen molar-refractivity contribution in [2.75, 3.05) is 18.5 Å². The highest BCUT2D eigenvalue weighted by molar-refractivity contribution is 9.10. The lowest BCUT2D eigenvalue weighted by atomic mass is 10.00. The molecule has 0 bridgehead atoms. The lowest BCUT2D eigenvalue weighted by Gasteiger charge is -2.17. The Morgan fingerprint density at radius 1 is 1.53 bits per heavy atom. The number of aromatic nitrogens is 2. The number of hydrogen-bond acceptors (Lipinski definition) is 4. The van der Waals surface area contributed by atoms with Crippen LogP contribution in [0.1, 0.15) is 25.6 Å². The fourth-order valence-corrected chi connectivity index (χ4v) is 2.71. The van der Waals surface area contributed by atoms with E-state index in [-0.39, 0.29) is 0 Å². The molecule has 1 aliphatic rings. The van der Waals surface area contributed by atoms with Gasteiger partial charge in [0.25, 0.3) is 0 Å². The van der Waals surface area contributed by atoms with Gasteiger partial charge in [0.1, 0.15) is 16.2 Å². The Morgan fingerprint density at radius 3 is 3.06 bits per heavy atom. The van der Waals surface area contributed by atoms with Crippen LogP contribution in [-0.4, -0.2) is 29.2 Å². The van der Waals surface area contributed by atoms with Gasteiger partial charge in [-0.25, -0.2) is 9.97 Å². The molecule has 0 radical (unpaired) electrons. The molecule has 0 spiro atoms. The molecule has 2 heterocycles. The van der Waals surface area contributed by atoms with E-state index in [9.17, 15) is 0 Å². The summed E-state index contributed by atoms with van der Waals surface area (Å²) in [6.07, 6.45) is 2.61. The minimum absolute atomic E-state index is 0.397. The number of nitrogens with zero attached hydrogens (tertiary/aromatic N) is 2. The molecule has 2 atom stereocenters. The normalized spacial score (nSPS) is 23.9. The van der Waals surface area contributed by atoms with E-state index in [0.717, 1.165) is 42.2 Å². The lowest BCUT2D eigenvalue weighted by Crippen LogP contribution is -2.23. The van der Waals surface area contributed by atoms with E-state index in [1.807, 2.05) is 13.0 Å². The van der Waals surface area contributed by atoms with Gasteiger partial charge in [0.05, 0.1) is 6.10 Å². The second-order valence-corrected chi connectivity index (χ2v) is 5.18. The van der Waals surface area contributed by atoms with E-state index < -0.39 is 0 Å². The van der Waals surface area contributed by atoms with Crippen LogP contribution in [0.2, 0.25) is 0 Å². The quantitative estimate of drug-likeness (QED) is 0.869. The number of ether oxygens (including phenoxy) is 1. The first-order valence-corrected chi connectivity index (χ1v) is 6.85. The van der Waals surface area contributed by atoms with E-state index in [1.165, 1.54) is 0 Å². The SMILES string of the molecule is CCC1OCCC1CNc1cc(Br)nc(C)n1. The maximum atomic E-state index is 5.67. The molecule has 1 saturated heterocycles. The number of nitrogens with one attached hydrogen (secondary N) is 1. The van der Waals surface area contributed by atoms with Gasteiger partial charge in [0, 0.05) is 25.1 Å². The molecule has 17 heavy (non-hydrogen) atoms. The van der Waals surface area contributed by atoms with Gasteiger partial charge in [0.2, 0.25) is 0 Å². The minimum atomic E-state index is 0.397. The van der Waals surface area contributed by atoms with Crippen molar-refractivity contribution in [2.45, 2.75) is 32.8 Å². The zero-order chi connectivity index (χ0) is 12.3. The molecule has 4 nitrogen and oxygen atoms in total. The molecular formula is C12H18BrN3O. The van der Waals surface area contributed by atoms with Crippen LogP contribution in [0.5, 0.6) is 0 Å². The van der Waals surface area contributed by atoms with Gasteiger partial charge in [-0.1, -0.05) is 6.92 Å². The van der Waals surface area contributed by atoms with E-state index >= 15 is 0 Å². The first-order valence-electron chi connectivity index (χ1n) is 6.05. The van der Waals surface area contributed by atoms with Gasteiger partial charge < -0.3 is 10.1 Å². The standard InChI is InChI=1S/C12H18BrN3O/c1-3-10-9(4-5-17-10)7-14-12-6-11(13)15-8(2)16-12/h6,9-10H,3-5,7H2,1-2H3,(H,14,15,16). The molecule has 0 aliphatic carbocycles. The highest BCUT2D eigenvalue weighted by atomic mass is 79.9. The third kappa shape index (κ3) is 3.39. The molecule has 0 aromatic carbocycles. The third-order valence-corrected chi connectivity index (χ3v) is 3.51. The number of hydrogen-bond donors (Lipinski definition) is 1. The van der Waals surface area contributed by atoms with Gasteiger partial charge in [-0.2, -0.15) is 0 Å². The summed E-state index contributed by atoms with van der Waals surface area (Å²) in [4.78, 5) is 8.54. The van der Waals surface area contributed by atoms with Gasteiger partial charge in [-0.05, 0) is 35.7 Å². The maximum absolute atomic E-state index is 5.67. The molecule has 94 valence electrons. The zero-order valence-corrected chi connectivity index (χ0v) is 11.8. The largest absolute Gasteiger partial charge is 0.378 e. The van der Waals surface area contributed by atoms with Crippen LogP contribution in [0, 0.1) is 12.8 Å². The van der Waals surface area contributed by atoms with Crippen molar-refractivity contribution in [3.63, 3.8) is 0 Å². The smallest absolute Gasteiger partial charge is 0.130 e. The minimum Gasteiger partial charge on any atom is -0.378 e. The number of anilines is 1. The van der Waals surface area contributed by atoms with Crippen LogP contribution in [0.4, 0.5) is 5.82 Å².